The molecule has 1 amide bonds. The number of β-amino-alcohol motifs (C(OH)–C–C–N with tert-alkyl or cyclic N) is 1. The van der Waals surface area contributed by atoms with Crippen LogP contribution in [-0.2, 0) is 4.79 Å². The quantitative estimate of drug-likeness (QED) is 0.398. The first kappa shape index (κ1) is 8.93. The number of amides is 1. The molecule has 5 heteroatoms. The molecule has 13 heavy (non-hydrogen) atoms. The molecule has 5 nitrogen and oxygen atoms in total. The van der Waals surface area contributed by atoms with Crippen molar-refractivity contribution in [2.75, 3.05) is 6.54 Å². The molecule has 1 saturated heterocycles. The number of hydrogen-bond acceptors (Lipinski definition) is 4. The molecule has 0 radical (unpaired) electrons. The second-order valence-corrected chi connectivity index (χ2v) is 3.86. The largest absolute Gasteiger partial charge is 0.392 e. The molecule has 2 rings (SSSR count). The summed E-state index contributed by atoms with van der Waals surface area (Å²) in [6.07, 6.45) is 0.998. The van der Waals surface area contributed by atoms with E-state index < -0.39 is 0 Å². The monoisotopic (exact) mass is 185 g/mol. The van der Waals surface area contributed by atoms with Gasteiger partial charge in [0.25, 0.3) is 0 Å². The normalized spacial score (nSPS) is 43.2. The number of carbonyl (C=O) groups is 1. The van der Waals surface area contributed by atoms with Gasteiger partial charge in [0.2, 0.25) is 5.91 Å². The molecule has 0 spiro atoms. The number of rotatable bonds is 2. The van der Waals surface area contributed by atoms with Gasteiger partial charge in [-0.15, -0.1) is 0 Å². The van der Waals surface area contributed by atoms with Crippen molar-refractivity contribution in [3.05, 3.63) is 0 Å². The summed E-state index contributed by atoms with van der Waals surface area (Å²) in [5.41, 5.74) is 5.56. The van der Waals surface area contributed by atoms with E-state index in [9.17, 15) is 9.90 Å². The highest BCUT2D eigenvalue weighted by Crippen LogP contribution is 2.18. The van der Waals surface area contributed by atoms with Gasteiger partial charge in [0.15, 0.2) is 0 Å². The van der Waals surface area contributed by atoms with Gasteiger partial charge in [-0.3, -0.25) is 4.79 Å². The van der Waals surface area contributed by atoms with E-state index in [0.29, 0.717) is 13.0 Å². The first-order valence-corrected chi connectivity index (χ1v) is 4.64. The molecule has 0 bridgehead atoms. The van der Waals surface area contributed by atoms with Gasteiger partial charge in [-0.2, -0.15) is 0 Å². The van der Waals surface area contributed by atoms with Crippen LogP contribution in [0.5, 0.6) is 0 Å². The summed E-state index contributed by atoms with van der Waals surface area (Å²) in [5.74, 6) is -0.0329. The average Bonchev–Trinajstić information content (AvgIpc) is 2.62. The Morgan fingerprint density at radius 1 is 1.54 bits per heavy atom. The molecule has 2 aliphatic rings. The van der Waals surface area contributed by atoms with Gasteiger partial charge >= 0.3 is 0 Å². The highest BCUT2D eigenvalue weighted by Gasteiger charge is 2.37. The van der Waals surface area contributed by atoms with Crippen LogP contribution in [0.4, 0.5) is 0 Å². The average molecular weight is 185 g/mol. The van der Waals surface area contributed by atoms with E-state index in [0.717, 1.165) is 6.42 Å². The van der Waals surface area contributed by atoms with Crippen molar-refractivity contribution in [3.8, 4) is 0 Å². The molecule has 0 aromatic carbocycles. The van der Waals surface area contributed by atoms with E-state index in [-0.39, 0.29) is 30.1 Å². The standard InChI is InChI=1S/C8H15N3O2/c9-5-2-6(5)11-8(13)7-1-4(12)3-10-7/h4-7,10,12H,1-3,9H2,(H,11,13). The van der Waals surface area contributed by atoms with E-state index in [1.165, 1.54) is 0 Å². The lowest BCUT2D eigenvalue weighted by Crippen LogP contribution is -2.42. The second-order valence-electron chi connectivity index (χ2n) is 3.86. The Hall–Kier alpha value is -0.650. The van der Waals surface area contributed by atoms with Crippen LogP contribution in [0, 0.1) is 0 Å². The van der Waals surface area contributed by atoms with Crippen molar-refractivity contribution in [2.24, 2.45) is 5.73 Å². The van der Waals surface area contributed by atoms with Gasteiger partial charge in [0.05, 0.1) is 12.1 Å². The number of nitrogens with two attached hydrogens (primary N) is 1. The number of aliphatic hydroxyl groups is 1. The third-order valence-corrected chi connectivity index (χ3v) is 2.59. The maximum atomic E-state index is 11.4. The lowest BCUT2D eigenvalue weighted by Gasteiger charge is -2.09. The Morgan fingerprint density at radius 2 is 2.23 bits per heavy atom. The van der Waals surface area contributed by atoms with Crippen molar-refractivity contribution < 1.29 is 9.90 Å². The molecular weight excluding hydrogens is 170 g/mol. The highest BCUT2D eigenvalue weighted by atomic mass is 16.3. The van der Waals surface area contributed by atoms with Crippen LogP contribution in [0.15, 0.2) is 0 Å². The van der Waals surface area contributed by atoms with Gasteiger partial charge in [0.1, 0.15) is 0 Å². The van der Waals surface area contributed by atoms with Gasteiger partial charge in [-0.05, 0) is 12.8 Å². The topological polar surface area (TPSA) is 87.4 Å². The molecule has 5 N–H and O–H groups in total. The second kappa shape index (κ2) is 3.25. The van der Waals surface area contributed by atoms with Gasteiger partial charge < -0.3 is 21.5 Å². The van der Waals surface area contributed by atoms with Crippen molar-refractivity contribution in [2.45, 2.75) is 37.1 Å². The van der Waals surface area contributed by atoms with Crippen molar-refractivity contribution in [3.63, 3.8) is 0 Å². The minimum absolute atomic E-state index is 0.0329. The first-order valence-electron chi connectivity index (χ1n) is 4.64. The summed E-state index contributed by atoms with van der Waals surface area (Å²) < 4.78 is 0. The lowest BCUT2D eigenvalue weighted by atomic mass is 10.2. The Bertz CT molecular complexity index is 221. The minimum Gasteiger partial charge on any atom is -0.392 e. The SMILES string of the molecule is NC1CC1NC(=O)C1CC(O)CN1. The summed E-state index contributed by atoms with van der Waals surface area (Å²) >= 11 is 0. The van der Waals surface area contributed by atoms with Crippen LogP contribution in [0.1, 0.15) is 12.8 Å². The van der Waals surface area contributed by atoms with Crippen LogP contribution in [-0.4, -0.2) is 41.8 Å². The predicted octanol–water partition coefficient (Wildman–Crippen LogP) is -2.07. The molecule has 2 fully saturated rings. The molecule has 1 saturated carbocycles. The summed E-state index contributed by atoms with van der Waals surface area (Å²) in [6, 6.07) is 0.0603. The van der Waals surface area contributed by atoms with Crippen molar-refractivity contribution in [1.29, 1.82) is 0 Å². The zero-order chi connectivity index (χ0) is 9.42. The van der Waals surface area contributed by atoms with E-state index in [1.807, 2.05) is 0 Å². The maximum Gasteiger partial charge on any atom is 0.237 e. The maximum absolute atomic E-state index is 11.4. The van der Waals surface area contributed by atoms with Gasteiger partial charge in [0, 0.05) is 18.6 Å². The molecule has 74 valence electrons. The number of nitrogens with one attached hydrogen (secondary N) is 2. The molecular formula is C8H15N3O2. The van der Waals surface area contributed by atoms with E-state index in [4.69, 9.17) is 5.73 Å². The van der Waals surface area contributed by atoms with Gasteiger partial charge in [-0.25, -0.2) is 0 Å². The molecule has 4 atom stereocenters. The molecule has 1 heterocycles. The fraction of sp³-hybridized carbons (Fsp3) is 0.875. The first-order chi connectivity index (χ1) is 6.16. The Labute approximate surface area is 76.7 Å². The molecule has 0 aromatic rings. The molecule has 1 aliphatic carbocycles. The number of hydrogen-bond donors (Lipinski definition) is 4. The van der Waals surface area contributed by atoms with Crippen LogP contribution in [0.2, 0.25) is 0 Å². The van der Waals surface area contributed by atoms with Gasteiger partial charge in [-0.1, -0.05) is 0 Å². The summed E-state index contributed by atoms with van der Waals surface area (Å²) in [6.45, 7) is 0.509. The predicted molar refractivity (Wildman–Crippen MR) is 46.9 cm³/mol. The van der Waals surface area contributed by atoms with Crippen LogP contribution in [0.25, 0.3) is 0 Å². The fourth-order valence-electron chi connectivity index (χ4n) is 1.58. The van der Waals surface area contributed by atoms with Crippen molar-refractivity contribution >= 4 is 5.91 Å². The fourth-order valence-corrected chi connectivity index (χ4v) is 1.58. The van der Waals surface area contributed by atoms with E-state index >= 15 is 0 Å². The summed E-state index contributed by atoms with van der Waals surface area (Å²) in [5, 5.41) is 15.0. The number of aliphatic hydroxyl groups excluding tert-OH is 1. The van der Waals surface area contributed by atoms with Crippen molar-refractivity contribution in [1.82, 2.24) is 10.6 Å². The van der Waals surface area contributed by atoms with E-state index in [1.54, 1.807) is 0 Å². The molecule has 4 unspecified atom stereocenters. The molecule has 1 aliphatic heterocycles. The number of carbonyl (C=O) groups excluding carboxylic acids is 1. The summed E-state index contributed by atoms with van der Waals surface area (Å²) in [4.78, 5) is 11.4. The zero-order valence-electron chi connectivity index (χ0n) is 7.36. The molecule has 0 aromatic heterocycles. The zero-order valence-corrected chi connectivity index (χ0v) is 7.36. The summed E-state index contributed by atoms with van der Waals surface area (Å²) in [7, 11) is 0. The Morgan fingerprint density at radius 3 is 2.69 bits per heavy atom. The van der Waals surface area contributed by atoms with Crippen LogP contribution < -0.4 is 16.4 Å². The minimum atomic E-state index is -0.386. The third-order valence-electron chi connectivity index (χ3n) is 2.59. The lowest BCUT2D eigenvalue weighted by molar-refractivity contribution is -0.123. The van der Waals surface area contributed by atoms with E-state index in [2.05, 4.69) is 10.6 Å². The Kier molecular flexibility index (Phi) is 2.23. The van der Waals surface area contributed by atoms with Crippen LogP contribution >= 0.6 is 0 Å². The third kappa shape index (κ3) is 1.99. The smallest absolute Gasteiger partial charge is 0.237 e. The van der Waals surface area contributed by atoms with Crippen LogP contribution in [0.3, 0.4) is 0 Å². The highest BCUT2D eigenvalue weighted by molar-refractivity contribution is 5.82. The Balaban J connectivity index is 1.77.